The largest absolute Gasteiger partial charge is 0.478 e. The van der Waals surface area contributed by atoms with Crippen molar-refractivity contribution in [3.8, 4) is 0 Å². The van der Waals surface area contributed by atoms with E-state index in [0.29, 0.717) is 12.0 Å². The quantitative estimate of drug-likeness (QED) is 0.792. The molecule has 0 amide bonds. The topological polar surface area (TPSA) is 63.3 Å². The Bertz CT molecular complexity index is 532. The van der Waals surface area contributed by atoms with E-state index in [1.807, 2.05) is 30.3 Å². The van der Waals surface area contributed by atoms with E-state index in [1.54, 1.807) is 18.2 Å². The third kappa shape index (κ3) is 2.84. The molecule has 86 valence electrons. The molecule has 2 rings (SSSR count). The molecule has 0 unspecified atom stereocenters. The van der Waals surface area contributed by atoms with Gasteiger partial charge < -0.3 is 10.8 Å². The van der Waals surface area contributed by atoms with Crippen LogP contribution >= 0.6 is 0 Å². The number of benzene rings is 2. The Labute approximate surface area is 99.5 Å². The van der Waals surface area contributed by atoms with Crippen LogP contribution in [-0.2, 0) is 6.42 Å². The maximum atomic E-state index is 10.8. The molecule has 0 fully saturated rings. The average molecular weight is 227 g/mol. The second-order valence-corrected chi connectivity index (χ2v) is 3.92. The van der Waals surface area contributed by atoms with E-state index in [1.165, 1.54) is 0 Å². The summed E-state index contributed by atoms with van der Waals surface area (Å²) >= 11 is 0. The standard InChI is InChI=1S/C14H13NO2/c15-13-6-4-10(5-7-13)8-11-2-1-3-12(9-11)14(16)17/h1-7,9H,8,15H2,(H,16,17). The Hall–Kier alpha value is -2.29. The first-order valence-electron chi connectivity index (χ1n) is 5.32. The van der Waals surface area contributed by atoms with Crippen LogP contribution in [0, 0.1) is 0 Å². The van der Waals surface area contributed by atoms with E-state index in [4.69, 9.17) is 10.8 Å². The lowest BCUT2D eigenvalue weighted by Crippen LogP contribution is -1.97. The van der Waals surface area contributed by atoms with E-state index in [-0.39, 0.29) is 0 Å². The highest BCUT2D eigenvalue weighted by molar-refractivity contribution is 5.87. The van der Waals surface area contributed by atoms with Crippen LogP contribution in [0.4, 0.5) is 5.69 Å². The first kappa shape index (κ1) is 11.2. The van der Waals surface area contributed by atoms with Crippen LogP contribution in [0.2, 0.25) is 0 Å². The second kappa shape index (κ2) is 4.70. The Morgan fingerprint density at radius 1 is 1.06 bits per heavy atom. The highest BCUT2D eigenvalue weighted by atomic mass is 16.4. The summed E-state index contributed by atoms with van der Waals surface area (Å²) in [6.07, 6.45) is 0.710. The van der Waals surface area contributed by atoms with Crippen molar-refractivity contribution in [1.29, 1.82) is 0 Å². The zero-order valence-electron chi connectivity index (χ0n) is 9.26. The van der Waals surface area contributed by atoms with Crippen molar-refractivity contribution in [2.24, 2.45) is 0 Å². The van der Waals surface area contributed by atoms with Crippen molar-refractivity contribution in [2.45, 2.75) is 6.42 Å². The van der Waals surface area contributed by atoms with Gasteiger partial charge in [-0.2, -0.15) is 0 Å². The van der Waals surface area contributed by atoms with Crippen molar-refractivity contribution in [2.75, 3.05) is 5.73 Å². The molecule has 2 aromatic carbocycles. The fraction of sp³-hybridized carbons (Fsp3) is 0.0714. The fourth-order valence-electron chi connectivity index (χ4n) is 1.69. The van der Waals surface area contributed by atoms with E-state index >= 15 is 0 Å². The number of carboxylic acid groups (broad SMARTS) is 1. The summed E-state index contributed by atoms with van der Waals surface area (Å²) in [7, 11) is 0. The Kier molecular flexibility index (Phi) is 3.10. The third-order valence-corrected chi connectivity index (χ3v) is 2.56. The first-order valence-corrected chi connectivity index (χ1v) is 5.32. The van der Waals surface area contributed by atoms with Crippen LogP contribution < -0.4 is 5.73 Å². The number of nitrogens with two attached hydrogens (primary N) is 1. The number of anilines is 1. The van der Waals surface area contributed by atoms with Crippen molar-refractivity contribution in [3.63, 3.8) is 0 Å². The Balaban J connectivity index is 2.21. The van der Waals surface area contributed by atoms with Gasteiger partial charge in [0.2, 0.25) is 0 Å². The summed E-state index contributed by atoms with van der Waals surface area (Å²) in [5, 5.41) is 8.90. The van der Waals surface area contributed by atoms with Gasteiger partial charge in [-0.3, -0.25) is 0 Å². The molecule has 0 atom stereocenters. The molecule has 0 aliphatic rings. The summed E-state index contributed by atoms with van der Waals surface area (Å²) in [5.74, 6) is -0.899. The summed E-state index contributed by atoms with van der Waals surface area (Å²) in [5.41, 5.74) is 8.75. The van der Waals surface area contributed by atoms with Crippen molar-refractivity contribution >= 4 is 11.7 Å². The van der Waals surface area contributed by atoms with Gasteiger partial charge in [0.25, 0.3) is 0 Å². The second-order valence-electron chi connectivity index (χ2n) is 3.92. The zero-order valence-corrected chi connectivity index (χ0v) is 9.26. The molecule has 0 saturated heterocycles. The predicted octanol–water partition coefficient (Wildman–Crippen LogP) is 2.56. The minimum absolute atomic E-state index is 0.318. The van der Waals surface area contributed by atoms with E-state index < -0.39 is 5.97 Å². The molecule has 17 heavy (non-hydrogen) atoms. The normalized spacial score (nSPS) is 10.1. The molecule has 0 spiro atoms. The highest BCUT2D eigenvalue weighted by Crippen LogP contribution is 2.13. The Morgan fingerprint density at radius 3 is 2.41 bits per heavy atom. The van der Waals surface area contributed by atoms with Gasteiger partial charge in [0.1, 0.15) is 0 Å². The third-order valence-electron chi connectivity index (χ3n) is 2.56. The zero-order chi connectivity index (χ0) is 12.3. The fourth-order valence-corrected chi connectivity index (χ4v) is 1.69. The van der Waals surface area contributed by atoms with Crippen LogP contribution in [0.1, 0.15) is 21.5 Å². The van der Waals surface area contributed by atoms with Crippen LogP contribution in [0.15, 0.2) is 48.5 Å². The summed E-state index contributed by atoms with van der Waals surface area (Å²) in [6, 6.07) is 14.5. The molecule has 0 aliphatic carbocycles. The van der Waals surface area contributed by atoms with E-state index in [2.05, 4.69) is 0 Å². The van der Waals surface area contributed by atoms with Crippen LogP contribution in [0.5, 0.6) is 0 Å². The van der Waals surface area contributed by atoms with Crippen LogP contribution in [-0.4, -0.2) is 11.1 Å². The summed E-state index contributed by atoms with van der Waals surface area (Å²) in [4.78, 5) is 10.8. The number of nitrogen functional groups attached to an aromatic ring is 1. The highest BCUT2D eigenvalue weighted by Gasteiger charge is 2.03. The van der Waals surface area contributed by atoms with Gasteiger partial charge in [0.05, 0.1) is 5.56 Å². The molecule has 3 N–H and O–H groups in total. The van der Waals surface area contributed by atoms with Gasteiger partial charge in [-0.15, -0.1) is 0 Å². The maximum absolute atomic E-state index is 10.8. The molecule has 0 heterocycles. The SMILES string of the molecule is Nc1ccc(Cc2cccc(C(=O)O)c2)cc1. The minimum atomic E-state index is -0.899. The number of rotatable bonds is 3. The van der Waals surface area contributed by atoms with Crippen LogP contribution in [0.25, 0.3) is 0 Å². The molecule has 0 aromatic heterocycles. The van der Waals surface area contributed by atoms with Gasteiger partial charge >= 0.3 is 5.97 Å². The number of hydrogen-bond donors (Lipinski definition) is 2. The monoisotopic (exact) mass is 227 g/mol. The molecule has 0 aliphatic heterocycles. The minimum Gasteiger partial charge on any atom is -0.478 e. The predicted molar refractivity (Wildman–Crippen MR) is 67.1 cm³/mol. The molecular formula is C14H13NO2. The van der Waals surface area contributed by atoms with Crippen LogP contribution in [0.3, 0.4) is 0 Å². The lowest BCUT2D eigenvalue weighted by atomic mass is 10.0. The molecule has 3 heteroatoms. The average Bonchev–Trinajstić information content (AvgIpc) is 2.32. The lowest BCUT2D eigenvalue weighted by Gasteiger charge is -2.03. The maximum Gasteiger partial charge on any atom is 0.335 e. The smallest absolute Gasteiger partial charge is 0.335 e. The Morgan fingerprint density at radius 2 is 1.76 bits per heavy atom. The number of hydrogen-bond acceptors (Lipinski definition) is 2. The molecule has 0 bridgehead atoms. The van der Waals surface area contributed by atoms with Gasteiger partial charge in [0, 0.05) is 5.69 Å². The van der Waals surface area contributed by atoms with Gasteiger partial charge in [-0.05, 0) is 41.8 Å². The molecule has 0 radical (unpaired) electrons. The molecule has 0 saturated carbocycles. The summed E-state index contributed by atoms with van der Waals surface area (Å²) in [6.45, 7) is 0. The number of aromatic carboxylic acids is 1. The van der Waals surface area contributed by atoms with Gasteiger partial charge in [-0.25, -0.2) is 4.79 Å². The molecule has 3 nitrogen and oxygen atoms in total. The van der Waals surface area contributed by atoms with Gasteiger partial charge in [-0.1, -0.05) is 24.3 Å². The van der Waals surface area contributed by atoms with E-state index in [0.717, 1.165) is 16.8 Å². The number of carboxylic acids is 1. The lowest BCUT2D eigenvalue weighted by molar-refractivity contribution is 0.0697. The van der Waals surface area contributed by atoms with Gasteiger partial charge in [0.15, 0.2) is 0 Å². The molecule has 2 aromatic rings. The molecular weight excluding hydrogens is 214 g/mol. The first-order chi connectivity index (χ1) is 8.15. The summed E-state index contributed by atoms with van der Waals surface area (Å²) < 4.78 is 0. The van der Waals surface area contributed by atoms with Crippen molar-refractivity contribution < 1.29 is 9.90 Å². The van der Waals surface area contributed by atoms with E-state index in [9.17, 15) is 4.79 Å². The van der Waals surface area contributed by atoms with Crippen molar-refractivity contribution in [1.82, 2.24) is 0 Å². The number of carbonyl (C=O) groups is 1. The van der Waals surface area contributed by atoms with Crippen molar-refractivity contribution in [3.05, 3.63) is 65.2 Å².